The molecule has 0 spiro atoms. The number of nitrogens with zero attached hydrogens (tertiary/aromatic N) is 6. The summed E-state index contributed by atoms with van der Waals surface area (Å²) in [7, 11) is 1.42. The van der Waals surface area contributed by atoms with Crippen LogP contribution in [-0.2, 0) is 11.3 Å². The largest absolute Gasteiger partial charge is 0.376 e. The number of alkyl halides is 1. The molecule has 0 saturated heterocycles. The number of benzene rings is 1. The molecule has 1 aromatic rings. The van der Waals surface area contributed by atoms with Crippen molar-refractivity contribution in [2.24, 2.45) is 10.2 Å². The summed E-state index contributed by atoms with van der Waals surface area (Å²) in [5.74, 6) is 0. The number of methoxy groups -OCH3 is 1. The van der Waals surface area contributed by atoms with Crippen LogP contribution in [0.25, 0.3) is 20.9 Å². The predicted molar refractivity (Wildman–Crippen MR) is 68.0 cm³/mol. The lowest BCUT2D eigenvalue weighted by Crippen LogP contribution is -2.20. The summed E-state index contributed by atoms with van der Waals surface area (Å²) >= 11 is 0. The molecule has 0 aliphatic carbocycles. The maximum atomic E-state index is 12.8. The molecular formula is C11H13FN6O. The molecule has 19 heavy (non-hydrogen) atoms. The average Bonchev–Trinajstić information content (AvgIpc) is 2.46. The van der Waals surface area contributed by atoms with E-state index < -0.39 is 18.8 Å². The van der Waals surface area contributed by atoms with Crippen LogP contribution in [0.5, 0.6) is 0 Å². The van der Waals surface area contributed by atoms with Crippen LogP contribution in [0.3, 0.4) is 0 Å². The number of rotatable bonds is 7. The number of hydrogen-bond acceptors (Lipinski definition) is 3. The fourth-order valence-electron chi connectivity index (χ4n) is 1.68. The molecule has 100 valence electrons. The normalized spacial score (nSPS) is 12.9. The van der Waals surface area contributed by atoms with Gasteiger partial charge in [-0.3, -0.25) is 4.39 Å². The Hall–Kier alpha value is -2.27. The molecule has 0 saturated carbocycles. The van der Waals surface area contributed by atoms with Crippen molar-refractivity contribution in [1.82, 2.24) is 0 Å². The lowest BCUT2D eigenvalue weighted by Gasteiger charge is -2.20. The van der Waals surface area contributed by atoms with Gasteiger partial charge in [0.05, 0.1) is 18.7 Å². The Morgan fingerprint density at radius 2 is 1.95 bits per heavy atom. The van der Waals surface area contributed by atoms with Crippen molar-refractivity contribution in [1.29, 1.82) is 0 Å². The predicted octanol–water partition coefficient (Wildman–Crippen LogP) is 3.83. The molecule has 1 rings (SSSR count). The van der Waals surface area contributed by atoms with Crippen LogP contribution in [0.2, 0.25) is 0 Å². The highest BCUT2D eigenvalue weighted by Gasteiger charge is 2.21. The summed E-state index contributed by atoms with van der Waals surface area (Å²) in [6.45, 7) is -0.555. The van der Waals surface area contributed by atoms with Gasteiger partial charge < -0.3 is 4.74 Å². The minimum absolute atomic E-state index is 0.247. The van der Waals surface area contributed by atoms with Gasteiger partial charge in [-0.2, -0.15) is 0 Å². The second-order valence-electron chi connectivity index (χ2n) is 3.71. The molecule has 2 atom stereocenters. The van der Waals surface area contributed by atoms with E-state index in [9.17, 15) is 4.39 Å². The molecule has 1 aromatic carbocycles. The van der Waals surface area contributed by atoms with E-state index in [-0.39, 0.29) is 6.54 Å². The average molecular weight is 264 g/mol. The van der Waals surface area contributed by atoms with Gasteiger partial charge in [-0.15, -0.1) is 0 Å². The van der Waals surface area contributed by atoms with Gasteiger partial charge in [0, 0.05) is 16.9 Å². The third kappa shape index (κ3) is 4.15. The third-order valence-electron chi connectivity index (χ3n) is 2.59. The van der Waals surface area contributed by atoms with Gasteiger partial charge in [0.25, 0.3) is 0 Å². The van der Waals surface area contributed by atoms with Crippen LogP contribution in [0.4, 0.5) is 4.39 Å². The van der Waals surface area contributed by atoms with E-state index in [0.29, 0.717) is 5.56 Å². The minimum Gasteiger partial charge on any atom is -0.376 e. The molecule has 0 N–H and O–H groups in total. The highest BCUT2D eigenvalue weighted by atomic mass is 19.1. The molecule has 0 bridgehead atoms. The SMILES string of the molecule is CO[C@H](c1ccc(CN=[N+]=[N-])cc1)[C@@H](CF)N=[N+]=[N-]. The second-order valence-corrected chi connectivity index (χ2v) is 3.71. The highest BCUT2D eigenvalue weighted by molar-refractivity contribution is 5.25. The Balaban J connectivity index is 2.92. The van der Waals surface area contributed by atoms with Crippen molar-refractivity contribution >= 4 is 0 Å². The van der Waals surface area contributed by atoms with E-state index in [1.54, 1.807) is 24.3 Å². The first-order valence-corrected chi connectivity index (χ1v) is 5.49. The van der Waals surface area contributed by atoms with Gasteiger partial charge in [0.15, 0.2) is 0 Å². The summed E-state index contributed by atoms with van der Waals surface area (Å²) in [6.07, 6.45) is -0.644. The van der Waals surface area contributed by atoms with Gasteiger partial charge >= 0.3 is 0 Å². The summed E-state index contributed by atoms with van der Waals surface area (Å²) in [5.41, 5.74) is 18.1. The zero-order valence-corrected chi connectivity index (χ0v) is 10.3. The maximum Gasteiger partial charge on any atom is 0.101 e. The first-order chi connectivity index (χ1) is 9.26. The molecule has 0 radical (unpaired) electrons. The molecule has 7 nitrogen and oxygen atoms in total. The molecular weight excluding hydrogens is 251 g/mol. The molecule has 0 aliphatic rings. The Bertz CT molecular complexity index is 492. The fourth-order valence-corrected chi connectivity index (χ4v) is 1.68. The fraction of sp³-hybridized carbons (Fsp3) is 0.455. The molecule has 0 aliphatic heterocycles. The molecule has 0 heterocycles. The first kappa shape index (κ1) is 14.8. The topological polar surface area (TPSA) is 107 Å². The summed E-state index contributed by atoms with van der Waals surface area (Å²) < 4.78 is 18.0. The summed E-state index contributed by atoms with van der Waals surface area (Å²) in [4.78, 5) is 5.28. The smallest absolute Gasteiger partial charge is 0.101 e. The van der Waals surface area contributed by atoms with Gasteiger partial charge in [-0.1, -0.05) is 34.5 Å². The quantitative estimate of drug-likeness (QED) is 0.416. The summed E-state index contributed by atoms with van der Waals surface area (Å²) in [5, 5.41) is 6.82. The standard InChI is InChI=1S/C11H13FN6O/c1-19-11(10(6-12)16-18-14)9-4-2-8(3-5-9)7-15-17-13/h2-5,10-11H,6-7H2,1H3/t10-,11-/m1/s1. The second kappa shape index (κ2) is 7.94. The van der Waals surface area contributed by atoms with E-state index in [1.165, 1.54) is 7.11 Å². The van der Waals surface area contributed by atoms with Crippen molar-refractivity contribution in [3.05, 3.63) is 56.3 Å². The van der Waals surface area contributed by atoms with E-state index in [4.69, 9.17) is 15.8 Å². The van der Waals surface area contributed by atoms with Crippen molar-refractivity contribution in [3.8, 4) is 0 Å². The lowest BCUT2D eigenvalue weighted by molar-refractivity contribution is 0.0722. The van der Waals surface area contributed by atoms with Crippen LogP contribution >= 0.6 is 0 Å². The van der Waals surface area contributed by atoms with E-state index in [1.807, 2.05) is 0 Å². The Labute approximate surface area is 109 Å². The lowest BCUT2D eigenvalue weighted by atomic mass is 10.0. The van der Waals surface area contributed by atoms with Crippen molar-refractivity contribution in [3.63, 3.8) is 0 Å². The summed E-state index contributed by atoms with van der Waals surface area (Å²) in [6, 6.07) is 6.05. The van der Waals surface area contributed by atoms with E-state index in [0.717, 1.165) is 5.56 Å². The van der Waals surface area contributed by atoms with Gasteiger partial charge in [-0.05, 0) is 22.2 Å². The van der Waals surface area contributed by atoms with Gasteiger partial charge in [0.2, 0.25) is 0 Å². The molecule has 8 heteroatoms. The monoisotopic (exact) mass is 264 g/mol. The first-order valence-electron chi connectivity index (χ1n) is 5.49. The number of halogens is 1. The van der Waals surface area contributed by atoms with Crippen LogP contribution in [0, 0.1) is 0 Å². The van der Waals surface area contributed by atoms with Crippen LogP contribution in [0.1, 0.15) is 17.2 Å². The molecule has 0 fully saturated rings. The molecule has 0 aromatic heterocycles. The molecule has 0 amide bonds. The number of ether oxygens (including phenoxy) is 1. The van der Waals surface area contributed by atoms with Crippen LogP contribution in [-0.4, -0.2) is 19.8 Å². The number of hydrogen-bond donors (Lipinski definition) is 0. The Morgan fingerprint density at radius 3 is 2.42 bits per heavy atom. The maximum absolute atomic E-state index is 12.8. The van der Waals surface area contributed by atoms with Crippen molar-refractivity contribution in [2.45, 2.75) is 18.7 Å². The van der Waals surface area contributed by atoms with Crippen LogP contribution < -0.4 is 0 Å². The third-order valence-corrected chi connectivity index (χ3v) is 2.59. The highest BCUT2D eigenvalue weighted by Crippen LogP contribution is 2.24. The van der Waals surface area contributed by atoms with Crippen molar-refractivity contribution < 1.29 is 9.13 Å². The minimum atomic E-state index is -0.905. The number of azide groups is 2. The molecule has 0 unspecified atom stereocenters. The van der Waals surface area contributed by atoms with E-state index in [2.05, 4.69) is 20.1 Å². The van der Waals surface area contributed by atoms with Crippen LogP contribution in [0.15, 0.2) is 34.5 Å². The van der Waals surface area contributed by atoms with Gasteiger partial charge in [-0.25, -0.2) is 0 Å². The van der Waals surface area contributed by atoms with E-state index >= 15 is 0 Å². The Kier molecular flexibility index (Phi) is 6.18. The van der Waals surface area contributed by atoms with Crippen molar-refractivity contribution in [2.75, 3.05) is 13.8 Å². The van der Waals surface area contributed by atoms with Gasteiger partial charge in [0.1, 0.15) is 6.67 Å². The Morgan fingerprint density at radius 1 is 1.26 bits per heavy atom. The zero-order chi connectivity index (χ0) is 14.1. The zero-order valence-electron chi connectivity index (χ0n) is 10.3.